The summed E-state index contributed by atoms with van der Waals surface area (Å²) in [5.41, 5.74) is 0. The van der Waals surface area contributed by atoms with Crippen molar-refractivity contribution in [3.8, 4) is 0 Å². The molecule has 2 aliphatic heterocycles. The maximum Gasteiger partial charge on any atom is 0.335 e. The molecule has 12 heteroatoms. The number of ether oxygens (including phenoxy) is 4. The Kier molecular flexibility index (Phi) is 7.93. The Balaban J connectivity index is 2.32. The first-order valence-corrected chi connectivity index (χ1v) is 9.15. The van der Waals surface area contributed by atoms with Gasteiger partial charge in [-0.05, 0) is 6.92 Å². The number of carboxylic acid groups (broad SMARTS) is 1. The molecule has 10 unspecified atom stereocenters. The molecule has 29 heavy (non-hydrogen) atoms. The summed E-state index contributed by atoms with van der Waals surface area (Å²) in [6.07, 6.45) is -12.4. The molecule has 0 spiro atoms. The third kappa shape index (κ3) is 4.70. The van der Waals surface area contributed by atoms with Crippen LogP contribution in [0.5, 0.6) is 0 Å². The van der Waals surface area contributed by atoms with Crippen LogP contribution < -0.4 is 0 Å². The van der Waals surface area contributed by atoms with E-state index in [1.807, 2.05) is 0 Å². The van der Waals surface area contributed by atoms with Crippen LogP contribution in [0.3, 0.4) is 0 Å². The van der Waals surface area contributed by atoms with Gasteiger partial charge in [-0.1, -0.05) is 0 Å². The van der Waals surface area contributed by atoms with Crippen molar-refractivity contribution in [2.45, 2.75) is 75.0 Å². The van der Waals surface area contributed by atoms with Gasteiger partial charge < -0.3 is 49.4 Å². The van der Waals surface area contributed by atoms with Crippen LogP contribution in [0.4, 0.5) is 0 Å². The van der Waals surface area contributed by atoms with E-state index >= 15 is 0 Å². The highest BCUT2D eigenvalue weighted by atomic mass is 16.7. The highest BCUT2D eigenvalue weighted by molar-refractivity contribution is 5.74. The number of aliphatic hydroxyl groups excluding tert-OH is 4. The smallest absolute Gasteiger partial charge is 0.335 e. The van der Waals surface area contributed by atoms with Crippen molar-refractivity contribution < 1.29 is 54.1 Å². The number of amides is 1. The van der Waals surface area contributed by atoms with Crippen LogP contribution in [0.2, 0.25) is 0 Å². The average molecular weight is 423 g/mol. The lowest BCUT2D eigenvalue weighted by Gasteiger charge is -2.49. The van der Waals surface area contributed by atoms with Crippen molar-refractivity contribution in [2.75, 3.05) is 20.8 Å². The third-order valence-corrected chi connectivity index (χ3v) is 5.40. The van der Waals surface area contributed by atoms with Crippen LogP contribution in [-0.2, 0) is 28.5 Å². The SMILES string of the molecule is COC1C(C(=O)O)OC(OC2C(O)C(CO)OC(C)C2N(C)C(C)=O)C(O)C1O. The van der Waals surface area contributed by atoms with Crippen molar-refractivity contribution in [3.63, 3.8) is 0 Å². The summed E-state index contributed by atoms with van der Waals surface area (Å²) >= 11 is 0. The highest BCUT2D eigenvalue weighted by Gasteiger charge is 2.53. The molecular formula is C17H29NO11. The lowest BCUT2D eigenvalue weighted by atomic mass is 9.91. The van der Waals surface area contributed by atoms with Crippen molar-refractivity contribution in [2.24, 2.45) is 0 Å². The van der Waals surface area contributed by atoms with Gasteiger partial charge in [0.15, 0.2) is 12.4 Å². The second-order valence-corrected chi connectivity index (χ2v) is 7.22. The van der Waals surface area contributed by atoms with Crippen molar-refractivity contribution in [1.82, 2.24) is 4.90 Å². The number of aliphatic carboxylic acids is 1. The Morgan fingerprint density at radius 1 is 1.07 bits per heavy atom. The number of methoxy groups -OCH3 is 1. The molecule has 0 aliphatic carbocycles. The number of carboxylic acids is 1. The molecule has 0 aromatic rings. The van der Waals surface area contributed by atoms with Gasteiger partial charge in [0.05, 0.1) is 18.8 Å². The number of carbonyl (C=O) groups is 2. The summed E-state index contributed by atoms with van der Waals surface area (Å²) in [6.45, 7) is 2.37. The van der Waals surface area contributed by atoms with Gasteiger partial charge >= 0.3 is 5.97 Å². The van der Waals surface area contributed by atoms with Crippen LogP contribution >= 0.6 is 0 Å². The normalized spacial score (nSPS) is 43.0. The second-order valence-electron chi connectivity index (χ2n) is 7.22. The number of hydrogen-bond acceptors (Lipinski definition) is 10. The molecule has 2 rings (SSSR count). The first-order chi connectivity index (χ1) is 13.5. The van der Waals surface area contributed by atoms with Crippen LogP contribution in [0.25, 0.3) is 0 Å². The van der Waals surface area contributed by atoms with Gasteiger partial charge in [-0.15, -0.1) is 0 Å². The van der Waals surface area contributed by atoms with E-state index in [4.69, 9.17) is 18.9 Å². The van der Waals surface area contributed by atoms with Crippen molar-refractivity contribution >= 4 is 11.9 Å². The Bertz CT molecular complexity index is 590. The lowest BCUT2D eigenvalue weighted by Crippen LogP contribution is -2.67. The molecular weight excluding hydrogens is 394 g/mol. The number of aliphatic hydroxyl groups is 4. The summed E-state index contributed by atoms with van der Waals surface area (Å²) in [5.74, 6) is -1.80. The zero-order chi connectivity index (χ0) is 22.0. The molecule has 2 saturated heterocycles. The van der Waals surface area contributed by atoms with E-state index in [2.05, 4.69) is 0 Å². The van der Waals surface area contributed by atoms with E-state index in [-0.39, 0.29) is 5.91 Å². The third-order valence-electron chi connectivity index (χ3n) is 5.40. The molecule has 2 fully saturated rings. The maximum atomic E-state index is 11.9. The van der Waals surface area contributed by atoms with Gasteiger partial charge in [-0.25, -0.2) is 4.79 Å². The minimum atomic E-state index is -1.70. The number of rotatable bonds is 6. The predicted octanol–water partition coefficient (Wildman–Crippen LogP) is -3.09. The van der Waals surface area contributed by atoms with Gasteiger partial charge in [0.25, 0.3) is 0 Å². The fraction of sp³-hybridized carbons (Fsp3) is 0.882. The summed E-state index contributed by atoms with van der Waals surface area (Å²) in [4.78, 5) is 24.6. The van der Waals surface area contributed by atoms with Crippen molar-refractivity contribution in [3.05, 3.63) is 0 Å². The Morgan fingerprint density at radius 2 is 1.69 bits per heavy atom. The topological polar surface area (TPSA) is 175 Å². The first-order valence-electron chi connectivity index (χ1n) is 9.15. The molecule has 0 bridgehead atoms. The molecule has 1 amide bonds. The van der Waals surface area contributed by atoms with Crippen LogP contribution in [-0.4, -0.2) is 124 Å². The minimum Gasteiger partial charge on any atom is -0.479 e. The average Bonchev–Trinajstić information content (AvgIpc) is 2.66. The zero-order valence-corrected chi connectivity index (χ0v) is 16.6. The lowest BCUT2D eigenvalue weighted by molar-refractivity contribution is -0.331. The maximum absolute atomic E-state index is 11.9. The van der Waals surface area contributed by atoms with E-state index in [9.17, 15) is 35.1 Å². The number of hydrogen-bond donors (Lipinski definition) is 5. The van der Waals surface area contributed by atoms with Gasteiger partial charge in [0.2, 0.25) is 5.91 Å². The number of nitrogens with zero attached hydrogens (tertiary/aromatic N) is 1. The Morgan fingerprint density at radius 3 is 2.17 bits per heavy atom. The number of carbonyl (C=O) groups excluding carboxylic acids is 1. The quantitative estimate of drug-likeness (QED) is 0.293. The summed E-state index contributed by atoms with van der Waals surface area (Å²) < 4.78 is 21.5. The Labute approximate surface area is 167 Å². The molecule has 0 radical (unpaired) electrons. The summed E-state index contributed by atoms with van der Waals surface area (Å²) in [7, 11) is 2.62. The van der Waals surface area contributed by atoms with E-state index in [1.165, 1.54) is 18.9 Å². The molecule has 0 aromatic carbocycles. The standard InChI is InChI=1S/C17H29NO11/c1-6-9(18(3)7(2)20)13(10(21)8(5-19)27-6)28-17-12(23)11(22)14(26-4)15(29-17)16(24)25/h6,8-15,17,19,21-23H,5H2,1-4H3,(H,24,25). The molecule has 0 aromatic heterocycles. The fourth-order valence-electron chi connectivity index (χ4n) is 3.74. The second kappa shape index (κ2) is 9.62. The molecule has 2 heterocycles. The van der Waals surface area contributed by atoms with Crippen LogP contribution in [0, 0.1) is 0 Å². The molecule has 12 nitrogen and oxygen atoms in total. The molecule has 2 aliphatic rings. The van der Waals surface area contributed by atoms with E-state index in [1.54, 1.807) is 6.92 Å². The monoisotopic (exact) mass is 423 g/mol. The van der Waals surface area contributed by atoms with Crippen LogP contribution in [0.15, 0.2) is 0 Å². The largest absolute Gasteiger partial charge is 0.479 e. The highest BCUT2D eigenvalue weighted by Crippen LogP contribution is 2.31. The van der Waals surface area contributed by atoms with Gasteiger partial charge in [0, 0.05) is 21.1 Å². The number of likely N-dealkylation sites (N-methyl/N-ethyl adjacent to an activating group) is 1. The summed E-state index contributed by atoms with van der Waals surface area (Å²) in [6, 6.07) is -0.846. The van der Waals surface area contributed by atoms with Gasteiger partial charge in [-0.3, -0.25) is 4.79 Å². The molecule has 0 saturated carbocycles. The first kappa shape index (κ1) is 23.9. The van der Waals surface area contributed by atoms with E-state index < -0.39 is 73.7 Å². The molecule has 10 atom stereocenters. The van der Waals surface area contributed by atoms with Crippen LogP contribution in [0.1, 0.15) is 13.8 Å². The Hall–Kier alpha value is -1.38. The van der Waals surface area contributed by atoms with Gasteiger partial charge in [0.1, 0.15) is 36.6 Å². The van der Waals surface area contributed by atoms with E-state index in [0.717, 1.165) is 7.11 Å². The fourth-order valence-corrected chi connectivity index (χ4v) is 3.74. The van der Waals surface area contributed by atoms with E-state index in [0.29, 0.717) is 0 Å². The summed E-state index contributed by atoms with van der Waals surface area (Å²) in [5, 5.41) is 50.0. The minimum absolute atomic E-state index is 0.360. The zero-order valence-electron chi connectivity index (χ0n) is 16.6. The van der Waals surface area contributed by atoms with Crippen molar-refractivity contribution in [1.29, 1.82) is 0 Å². The molecule has 5 N–H and O–H groups in total. The van der Waals surface area contributed by atoms with Gasteiger partial charge in [-0.2, -0.15) is 0 Å². The predicted molar refractivity (Wildman–Crippen MR) is 93.6 cm³/mol. The molecule has 168 valence electrons.